The predicted octanol–water partition coefficient (Wildman–Crippen LogP) is 3.74. The second-order valence-corrected chi connectivity index (χ2v) is 6.01. The van der Waals surface area contributed by atoms with Crippen molar-refractivity contribution in [2.45, 2.75) is 32.8 Å². The van der Waals surface area contributed by atoms with Crippen LogP contribution in [0, 0.1) is 5.82 Å². The number of hydrogen-bond acceptors (Lipinski definition) is 3. The lowest BCUT2D eigenvalue weighted by Gasteiger charge is -2.10. The van der Waals surface area contributed by atoms with Gasteiger partial charge in [0, 0.05) is 6.54 Å². The molecule has 0 unspecified atom stereocenters. The minimum atomic E-state index is -0.333. The zero-order valence-electron chi connectivity index (χ0n) is 14.6. The number of rotatable bonds is 9. The van der Waals surface area contributed by atoms with Gasteiger partial charge in [0.05, 0.1) is 6.10 Å². The molecule has 5 heteroatoms. The van der Waals surface area contributed by atoms with E-state index in [1.54, 1.807) is 0 Å². The fourth-order valence-corrected chi connectivity index (χ4v) is 2.26. The molecule has 0 fully saturated rings. The van der Waals surface area contributed by atoms with Gasteiger partial charge in [-0.15, -0.1) is 0 Å². The van der Waals surface area contributed by atoms with E-state index < -0.39 is 0 Å². The molecule has 0 aliphatic rings. The molecule has 0 radical (unpaired) electrons. The fraction of sp³-hybridized carbons (Fsp3) is 0.350. The van der Waals surface area contributed by atoms with Crippen molar-refractivity contribution in [1.29, 1.82) is 0 Å². The molecule has 1 amide bonds. The first-order valence-electron chi connectivity index (χ1n) is 8.43. The highest BCUT2D eigenvalue weighted by Crippen LogP contribution is 2.14. The van der Waals surface area contributed by atoms with Crippen molar-refractivity contribution in [1.82, 2.24) is 5.32 Å². The van der Waals surface area contributed by atoms with E-state index in [-0.39, 0.29) is 24.4 Å². The molecule has 2 rings (SSSR count). The molecule has 0 spiro atoms. The number of amides is 1. The summed E-state index contributed by atoms with van der Waals surface area (Å²) in [6, 6.07) is 13.6. The van der Waals surface area contributed by atoms with Crippen LogP contribution >= 0.6 is 0 Å². The van der Waals surface area contributed by atoms with Gasteiger partial charge in [-0.3, -0.25) is 4.79 Å². The topological polar surface area (TPSA) is 47.6 Å². The van der Waals surface area contributed by atoms with Gasteiger partial charge in [0.1, 0.15) is 17.3 Å². The number of ether oxygens (including phenoxy) is 2. The van der Waals surface area contributed by atoms with Crippen LogP contribution in [0.5, 0.6) is 11.5 Å². The van der Waals surface area contributed by atoms with E-state index in [0.29, 0.717) is 12.3 Å². The summed E-state index contributed by atoms with van der Waals surface area (Å²) in [5, 5.41) is 2.81. The van der Waals surface area contributed by atoms with Crippen molar-refractivity contribution in [2.75, 3.05) is 13.2 Å². The number of aryl methyl sites for hydroxylation is 1. The third-order valence-corrected chi connectivity index (χ3v) is 3.44. The van der Waals surface area contributed by atoms with Gasteiger partial charge in [0.25, 0.3) is 5.91 Å². The molecule has 0 aliphatic heterocycles. The maximum absolute atomic E-state index is 12.8. The monoisotopic (exact) mass is 345 g/mol. The SMILES string of the molecule is CC(C)Oc1ccc(CCCNC(=O)COc2ccc(F)cc2)cc1. The summed E-state index contributed by atoms with van der Waals surface area (Å²) in [4.78, 5) is 11.7. The van der Waals surface area contributed by atoms with Crippen LogP contribution in [-0.2, 0) is 11.2 Å². The fourth-order valence-electron chi connectivity index (χ4n) is 2.26. The molecule has 0 heterocycles. The molecule has 25 heavy (non-hydrogen) atoms. The van der Waals surface area contributed by atoms with Gasteiger partial charge in [0.2, 0.25) is 0 Å². The molecule has 2 aromatic carbocycles. The maximum Gasteiger partial charge on any atom is 0.257 e. The molecule has 1 N–H and O–H groups in total. The summed E-state index contributed by atoms with van der Waals surface area (Å²) >= 11 is 0. The molecule has 134 valence electrons. The van der Waals surface area contributed by atoms with Crippen LogP contribution < -0.4 is 14.8 Å². The van der Waals surface area contributed by atoms with Crippen molar-refractivity contribution >= 4 is 5.91 Å². The zero-order valence-corrected chi connectivity index (χ0v) is 14.6. The molecule has 2 aromatic rings. The van der Waals surface area contributed by atoms with E-state index in [2.05, 4.69) is 5.32 Å². The van der Waals surface area contributed by atoms with E-state index in [1.165, 1.54) is 29.8 Å². The zero-order chi connectivity index (χ0) is 18.1. The maximum atomic E-state index is 12.8. The lowest BCUT2D eigenvalue weighted by atomic mass is 10.1. The van der Waals surface area contributed by atoms with Gasteiger partial charge < -0.3 is 14.8 Å². The highest BCUT2D eigenvalue weighted by molar-refractivity contribution is 5.77. The number of halogens is 1. The van der Waals surface area contributed by atoms with E-state index >= 15 is 0 Å². The number of carbonyl (C=O) groups is 1. The van der Waals surface area contributed by atoms with Crippen LogP contribution in [-0.4, -0.2) is 25.2 Å². The van der Waals surface area contributed by atoms with Crippen LogP contribution in [0.1, 0.15) is 25.8 Å². The molecule has 0 saturated carbocycles. The highest BCUT2D eigenvalue weighted by Gasteiger charge is 2.03. The molecule has 0 atom stereocenters. The average molecular weight is 345 g/mol. The number of carbonyl (C=O) groups excluding carboxylic acids is 1. The van der Waals surface area contributed by atoms with Gasteiger partial charge in [-0.25, -0.2) is 4.39 Å². The van der Waals surface area contributed by atoms with Crippen molar-refractivity contribution in [3.05, 3.63) is 59.9 Å². The summed E-state index contributed by atoms with van der Waals surface area (Å²) < 4.78 is 23.7. The largest absolute Gasteiger partial charge is 0.491 e. The molecule has 0 aliphatic carbocycles. The van der Waals surface area contributed by atoms with E-state index in [4.69, 9.17) is 9.47 Å². The number of hydrogen-bond donors (Lipinski definition) is 1. The Bertz CT molecular complexity index is 654. The third kappa shape index (κ3) is 7.25. The second-order valence-electron chi connectivity index (χ2n) is 6.01. The van der Waals surface area contributed by atoms with E-state index in [9.17, 15) is 9.18 Å². The number of benzene rings is 2. The van der Waals surface area contributed by atoms with Crippen LogP contribution in [0.15, 0.2) is 48.5 Å². The Labute approximate surface area is 148 Å². The van der Waals surface area contributed by atoms with Gasteiger partial charge >= 0.3 is 0 Å². The summed E-state index contributed by atoms with van der Waals surface area (Å²) in [6.07, 6.45) is 1.88. The first kappa shape index (κ1) is 18.8. The van der Waals surface area contributed by atoms with Crippen LogP contribution in [0.4, 0.5) is 4.39 Å². The second kappa shape index (κ2) is 9.67. The van der Waals surface area contributed by atoms with Crippen LogP contribution in [0.3, 0.4) is 0 Å². The summed E-state index contributed by atoms with van der Waals surface area (Å²) in [5.41, 5.74) is 1.20. The minimum absolute atomic E-state index is 0.0765. The van der Waals surface area contributed by atoms with Crippen molar-refractivity contribution in [2.24, 2.45) is 0 Å². The van der Waals surface area contributed by atoms with Gasteiger partial charge in [0.15, 0.2) is 6.61 Å². The van der Waals surface area contributed by atoms with Crippen molar-refractivity contribution in [3.63, 3.8) is 0 Å². The highest BCUT2D eigenvalue weighted by atomic mass is 19.1. The summed E-state index contributed by atoms with van der Waals surface area (Å²) in [6.45, 7) is 4.50. The molecule has 0 bridgehead atoms. The third-order valence-electron chi connectivity index (χ3n) is 3.44. The molecule has 0 aromatic heterocycles. The Morgan fingerprint density at radius 2 is 1.68 bits per heavy atom. The minimum Gasteiger partial charge on any atom is -0.491 e. The van der Waals surface area contributed by atoms with Crippen LogP contribution in [0.2, 0.25) is 0 Å². The predicted molar refractivity (Wildman–Crippen MR) is 95.4 cm³/mol. The quantitative estimate of drug-likeness (QED) is 0.704. The molecule has 0 saturated heterocycles. The van der Waals surface area contributed by atoms with Gasteiger partial charge in [-0.1, -0.05) is 12.1 Å². The molecular formula is C20H24FNO3. The van der Waals surface area contributed by atoms with Crippen molar-refractivity contribution in [3.8, 4) is 11.5 Å². The Morgan fingerprint density at radius 3 is 2.32 bits per heavy atom. The Hall–Kier alpha value is -2.56. The first-order chi connectivity index (χ1) is 12.0. The lowest BCUT2D eigenvalue weighted by molar-refractivity contribution is -0.123. The number of nitrogens with one attached hydrogen (secondary N) is 1. The molecular weight excluding hydrogens is 321 g/mol. The Balaban J connectivity index is 1.61. The molecule has 4 nitrogen and oxygen atoms in total. The Morgan fingerprint density at radius 1 is 1.04 bits per heavy atom. The van der Waals surface area contributed by atoms with E-state index in [0.717, 1.165) is 18.6 Å². The van der Waals surface area contributed by atoms with Crippen LogP contribution in [0.25, 0.3) is 0 Å². The van der Waals surface area contributed by atoms with Gasteiger partial charge in [-0.05, 0) is 68.7 Å². The summed E-state index contributed by atoms with van der Waals surface area (Å²) in [7, 11) is 0. The standard InChI is InChI=1S/C20H24FNO3/c1-15(2)25-19-9-5-16(6-10-19)4-3-13-22-20(23)14-24-18-11-7-17(21)8-12-18/h5-12,15H,3-4,13-14H2,1-2H3,(H,22,23). The smallest absolute Gasteiger partial charge is 0.257 e. The lowest BCUT2D eigenvalue weighted by Crippen LogP contribution is -2.29. The summed E-state index contributed by atoms with van der Waals surface area (Å²) in [5.74, 6) is 0.816. The van der Waals surface area contributed by atoms with Gasteiger partial charge in [-0.2, -0.15) is 0 Å². The Kier molecular flexibility index (Phi) is 7.26. The van der Waals surface area contributed by atoms with E-state index in [1.807, 2.05) is 38.1 Å². The average Bonchev–Trinajstić information content (AvgIpc) is 2.59. The first-order valence-corrected chi connectivity index (χ1v) is 8.43. The van der Waals surface area contributed by atoms with Crippen molar-refractivity contribution < 1.29 is 18.7 Å². The normalized spacial score (nSPS) is 10.6.